The molecule has 2 rings (SSSR count). The second-order valence-corrected chi connectivity index (χ2v) is 5.76. The molecule has 1 aliphatic rings. The van der Waals surface area contributed by atoms with Gasteiger partial charge in [-0.05, 0) is 25.5 Å². The molecule has 0 spiro atoms. The highest BCUT2D eigenvalue weighted by Gasteiger charge is 2.50. The summed E-state index contributed by atoms with van der Waals surface area (Å²) in [5.74, 6) is -0.134. The number of alkyl halides is 3. The minimum Gasteiger partial charge on any atom is -0.350 e. The summed E-state index contributed by atoms with van der Waals surface area (Å²) in [4.78, 5) is 11.6. The number of carbonyl (C=O) groups is 1. The van der Waals surface area contributed by atoms with Crippen LogP contribution in [0.3, 0.4) is 0 Å². The average Bonchev–Trinajstić information content (AvgIpc) is 2.47. The molecule has 1 unspecified atom stereocenters. The maximum absolute atomic E-state index is 12.8. The van der Waals surface area contributed by atoms with Gasteiger partial charge in [0.05, 0.1) is 5.56 Å². The first-order valence-corrected chi connectivity index (χ1v) is 6.05. The summed E-state index contributed by atoms with van der Waals surface area (Å²) in [7, 11) is 0. The van der Waals surface area contributed by atoms with Gasteiger partial charge in [-0.15, -0.1) is 0 Å². The van der Waals surface area contributed by atoms with Gasteiger partial charge in [0.15, 0.2) is 0 Å². The zero-order valence-corrected chi connectivity index (χ0v) is 11.1. The molecule has 1 amide bonds. The van der Waals surface area contributed by atoms with E-state index >= 15 is 0 Å². The lowest BCUT2D eigenvalue weighted by atomic mass is 9.69. The summed E-state index contributed by atoms with van der Waals surface area (Å²) in [6.45, 7) is 5.48. The number of hydrogen-bond donors (Lipinski definition) is 1. The molecule has 0 aliphatic carbocycles. The zero-order chi connectivity index (χ0) is 14.5. The fraction of sp³-hybridized carbons (Fsp3) is 0.500. The van der Waals surface area contributed by atoms with Crippen molar-refractivity contribution in [1.82, 2.24) is 5.32 Å². The molecule has 5 heteroatoms. The van der Waals surface area contributed by atoms with Crippen LogP contribution in [-0.2, 0) is 16.4 Å². The van der Waals surface area contributed by atoms with Crippen LogP contribution in [0.5, 0.6) is 0 Å². The molecule has 104 valence electrons. The van der Waals surface area contributed by atoms with Gasteiger partial charge in [-0.25, -0.2) is 0 Å². The highest BCUT2D eigenvalue weighted by atomic mass is 19.4. The van der Waals surface area contributed by atoms with E-state index in [0.29, 0.717) is 5.56 Å². The summed E-state index contributed by atoms with van der Waals surface area (Å²) in [5, 5.41) is 2.82. The van der Waals surface area contributed by atoms with E-state index in [9.17, 15) is 18.0 Å². The third kappa shape index (κ3) is 2.22. The Hall–Kier alpha value is -1.52. The summed E-state index contributed by atoms with van der Waals surface area (Å²) in [5.41, 5.74) is -1.37. The molecule has 1 N–H and O–H groups in total. The molecule has 1 saturated heterocycles. The van der Waals surface area contributed by atoms with Crippen molar-refractivity contribution in [3.63, 3.8) is 0 Å². The first-order valence-electron chi connectivity index (χ1n) is 6.05. The molecule has 0 saturated carbocycles. The van der Waals surface area contributed by atoms with Crippen LogP contribution in [0.4, 0.5) is 13.2 Å². The summed E-state index contributed by atoms with van der Waals surface area (Å²) >= 11 is 0. The second kappa shape index (κ2) is 3.99. The smallest absolute Gasteiger partial charge is 0.350 e. The third-order valence-electron chi connectivity index (χ3n) is 4.17. The molecule has 1 aliphatic heterocycles. The number of hydrogen-bond acceptors (Lipinski definition) is 1. The van der Waals surface area contributed by atoms with E-state index in [-0.39, 0.29) is 12.3 Å². The Morgan fingerprint density at radius 1 is 1.21 bits per heavy atom. The number of benzene rings is 1. The van der Waals surface area contributed by atoms with E-state index in [1.807, 2.05) is 20.8 Å². The molecule has 1 aromatic rings. The van der Waals surface area contributed by atoms with Crippen LogP contribution in [0.1, 0.15) is 38.3 Å². The van der Waals surface area contributed by atoms with Crippen LogP contribution in [0.25, 0.3) is 0 Å². The first kappa shape index (κ1) is 13.9. The van der Waals surface area contributed by atoms with Gasteiger partial charge < -0.3 is 5.32 Å². The Morgan fingerprint density at radius 2 is 1.84 bits per heavy atom. The highest BCUT2D eigenvalue weighted by molar-refractivity contribution is 5.82. The van der Waals surface area contributed by atoms with E-state index < -0.39 is 22.7 Å². The van der Waals surface area contributed by atoms with E-state index in [4.69, 9.17) is 0 Å². The Morgan fingerprint density at radius 3 is 2.32 bits per heavy atom. The monoisotopic (exact) mass is 271 g/mol. The van der Waals surface area contributed by atoms with Gasteiger partial charge in [-0.3, -0.25) is 4.79 Å². The van der Waals surface area contributed by atoms with Crippen molar-refractivity contribution in [2.75, 3.05) is 0 Å². The van der Waals surface area contributed by atoms with Crippen molar-refractivity contribution in [1.29, 1.82) is 0 Å². The van der Waals surface area contributed by atoms with Crippen LogP contribution in [0.2, 0.25) is 0 Å². The lowest BCUT2D eigenvalue weighted by Gasteiger charge is -2.37. The average molecular weight is 271 g/mol. The molecule has 19 heavy (non-hydrogen) atoms. The fourth-order valence-electron chi connectivity index (χ4n) is 2.57. The van der Waals surface area contributed by atoms with Crippen LogP contribution in [-0.4, -0.2) is 11.4 Å². The molecule has 1 fully saturated rings. The third-order valence-corrected chi connectivity index (χ3v) is 4.17. The van der Waals surface area contributed by atoms with Gasteiger partial charge in [-0.1, -0.05) is 25.1 Å². The van der Waals surface area contributed by atoms with Crippen molar-refractivity contribution in [2.45, 2.75) is 44.3 Å². The molecular formula is C14H16F3NO. The second-order valence-electron chi connectivity index (χ2n) is 5.76. The molecular weight excluding hydrogens is 255 g/mol. The van der Waals surface area contributed by atoms with Crippen LogP contribution in [0, 0.1) is 0 Å². The molecule has 0 bridgehead atoms. The lowest BCUT2D eigenvalue weighted by molar-refractivity contribution is -0.137. The highest BCUT2D eigenvalue weighted by Crippen LogP contribution is 2.43. The summed E-state index contributed by atoms with van der Waals surface area (Å²) < 4.78 is 38.3. The Bertz CT molecular complexity index is 522. The Balaban J connectivity index is 2.50. The van der Waals surface area contributed by atoms with Gasteiger partial charge in [0.2, 0.25) is 5.91 Å². The van der Waals surface area contributed by atoms with Crippen molar-refractivity contribution in [2.24, 2.45) is 0 Å². The van der Waals surface area contributed by atoms with Gasteiger partial charge >= 0.3 is 6.18 Å². The minimum atomic E-state index is -4.37. The van der Waals surface area contributed by atoms with Crippen molar-refractivity contribution in [3.05, 3.63) is 35.4 Å². The van der Waals surface area contributed by atoms with Crippen molar-refractivity contribution >= 4 is 5.91 Å². The maximum Gasteiger partial charge on any atom is 0.416 e. The van der Waals surface area contributed by atoms with Crippen molar-refractivity contribution in [3.8, 4) is 0 Å². The minimum absolute atomic E-state index is 0.134. The zero-order valence-electron chi connectivity index (χ0n) is 11.1. The number of nitrogens with one attached hydrogen (secondary N) is 1. The number of amides is 1. The van der Waals surface area contributed by atoms with Crippen LogP contribution >= 0.6 is 0 Å². The molecule has 0 aromatic heterocycles. The molecule has 2 nitrogen and oxygen atoms in total. The topological polar surface area (TPSA) is 29.1 Å². The number of rotatable bonds is 1. The van der Waals surface area contributed by atoms with E-state index in [0.717, 1.165) is 12.1 Å². The van der Waals surface area contributed by atoms with Crippen molar-refractivity contribution < 1.29 is 18.0 Å². The van der Waals surface area contributed by atoms with E-state index in [2.05, 4.69) is 5.32 Å². The van der Waals surface area contributed by atoms with Gasteiger partial charge in [0, 0.05) is 17.4 Å². The van der Waals surface area contributed by atoms with E-state index in [1.165, 1.54) is 6.07 Å². The predicted octanol–water partition coefficient (Wildman–Crippen LogP) is 3.26. The molecule has 1 heterocycles. The summed E-state index contributed by atoms with van der Waals surface area (Å²) in [6.07, 6.45) is -4.17. The summed E-state index contributed by atoms with van der Waals surface area (Å²) in [6, 6.07) is 5.23. The Labute approximate surface area is 110 Å². The number of carbonyl (C=O) groups excluding carboxylic acids is 1. The van der Waals surface area contributed by atoms with Gasteiger partial charge in [-0.2, -0.15) is 13.2 Å². The van der Waals surface area contributed by atoms with Gasteiger partial charge in [0.25, 0.3) is 0 Å². The lowest BCUT2D eigenvalue weighted by Crippen LogP contribution is -2.48. The SMILES string of the molecule is CC1(C)NC(=O)CC1(C)c1cccc(C(F)(F)F)c1. The number of halogens is 3. The predicted molar refractivity (Wildman–Crippen MR) is 65.6 cm³/mol. The molecule has 0 radical (unpaired) electrons. The largest absolute Gasteiger partial charge is 0.416 e. The van der Waals surface area contributed by atoms with Crippen LogP contribution in [0.15, 0.2) is 24.3 Å². The normalized spacial score (nSPS) is 26.3. The Kier molecular flexibility index (Phi) is 2.92. The first-order chi connectivity index (χ1) is 8.56. The molecule has 1 atom stereocenters. The fourth-order valence-corrected chi connectivity index (χ4v) is 2.57. The van der Waals surface area contributed by atoms with E-state index in [1.54, 1.807) is 6.07 Å². The molecule has 1 aromatic carbocycles. The maximum atomic E-state index is 12.8. The van der Waals surface area contributed by atoms with Crippen LogP contribution < -0.4 is 5.32 Å². The quantitative estimate of drug-likeness (QED) is 0.834. The standard InChI is InChI=1S/C14H16F3NO/c1-12(2)13(3,8-11(19)18-12)9-5-4-6-10(7-9)14(15,16)17/h4-7H,8H2,1-3H3,(H,18,19). The van der Waals surface area contributed by atoms with Gasteiger partial charge in [0.1, 0.15) is 0 Å².